The van der Waals surface area contributed by atoms with E-state index in [9.17, 15) is 9.90 Å². The molecule has 2 rings (SSSR count). The van der Waals surface area contributed by atoms with Crippen LogP contribution in [0.25, 0.3) is 0 Å². The van der Waals surface area contributed by atoms with Crippen LogP contribution in [-0.4, -0.2) is 35.9 Å². The van der Waals surface area contributed by atoms with Crippen molar-refractivity contribution in [2.75, 3.05) is 0 Å². The summed E-state index contributed by atoms with van der Waals surface area (Å²) in [5.41, 5.74) is 1.04. The minimum absolute atomic E-state index is 0. The third-order valence-corrected chi connectivity index (χ3v) is 4.44. The summed E-state index contributed by atoms with van der Waals surface area (Å²) in [6.07, 6.45) is 4.76. The van der Waals surface area contributed by atoms with Crippen molar-refractivity contribution in [3.05, 3.63) is 36.9 Å². The van der Waals surface area contributed by atoms with Gasteiger partial charge in [-0.2, -0.15) is 7.11 Å². The molecule has 1 aromatic rings. The number of nitrogens with zero attached hydrogens (tertiary/aromatic N) is 1. The van der Waals surface area contributed by atoms with Gasteiger partial charge in [0.25, 0.3) is 0 Å². The summed E-state index contributed by atoms with van der Waals surface area (Å²) in [5.74, 6) is 0.886. The predicted octanol–water partition coefficient (Wildman–Crippen LogP) is 2.85. The van der Waals surface area contributed by atoms with Gasteiger partial charge in [0.05, 0.1) is 19.7 Å². The van der Waals surface area contributed by atoms with Crippen LogP contribution in [0.3, 0.4) is 0 Å². The molecule has 0 spiro atoms. The third-order valence-electron chi connectivity index (χ3n) is 4.44. The van der Waals surface area contributed by atoms with E-state index in [4.69, 9.17) is 12.6 Å². The zero-order valence-electron chi connectivity index (χ0n) is 14.2. The summed E-state index contributed by atoms with van der Waals surface area (Å²) in [6, 6.07) is 7.84. The summed E-state index contributed by atoms with van der Waals surface area (Å²) >= 11 is 0. The second-order valence-corrected chi connectivity index (χ2v) is 6.17. The van der Waals surface area contributed by atoms with Crippen molar-refractivity contribution in [2.45, 2.75) is 63.5 Å². The molecule has 4 nitrogen and oxygen atoms in total. The van der Waals surface area contributed by atoms with Crippen molar-refractivity contribution in [1.82, 2.24) is 4.90 Å². The van der Waals surface area contributed by atoms with Gasteiger partial charge in [-0.3, -0.25) is 4.79 Å². The Morgan fingerprint density at radius 1 is 1.42 bits per heavy atom. The van der Waals surface area contributed by atoms with Crippen LogP contribution in [0.2, 0.25) is 6.32 Å². The van der Waals surface area contributed by atoms with E-state index in [-0.39, 0.29) is 50.8 Å². The normalized spacial score (nSPS) is 18.8. The molecule has 3 radical (unpaired) electrons. The number of piperidine rings is 1. The molecule has 1 amide bonds. The van der Waals surface area contributed by atoms with E-state index in [1.165, 1.54) is 0 Å². The first-order valence-electron chi connectivity index (χ1n) is 8.32. The molecule has 1 aromatic carbocycles. The van der Waals surface area contributed by atoms with E-state index in [0.717, 1.165) is 24.8 Å². The molecule has 6 heteroatoms. The van der Waals surface area contributed by atoms with Gasteiger partial charge in [0.2, 0.25) is 5.91 Å². The molecular formula is C18H25BNO3Y-. The SMILES string of the molecule is [B]CCC(O)CCC1CCCC(=O)N1Cc1cccc(O[CH2-])c1.[Y]. The maximum absolute atomic E-state index is 12.3. The van der Waals surface area contributed by atoms with Gasteiger partial charge >= 0.3 is 0 Å². The van der Waals surface area contributed by atoms with E-state index in [2.05, 4.69) is 7.11 Å². The number of hydrogen-bond acceptors (Lipinski definition) is 3. The standard InChI is InChI=1S/C18H25BNO3.Y/c1-23-17-6-2-4-14(12-17)13-20-15(5-3-7-18(20)22)8-9-16(21)10-11-19;/h2,4,6,12,15-16,21H,1,3,5,7-11,13H2;/q-1;. The van der Waals surface area contributed by atoms with Crippen molar-refractivity contribution in [3.63, 3.8) is 0 Å². The summed E-state index contributed by atoms with van der Waals surface area (Å²) in [5, 5.41) is 9.88. The topological polar surface area (TPSA) is 49.8 Å². The van der Waals surface area contributed by atoms with E-state index in [1.807, 2.05) is 29.2 Å². The molecule has 2 atom stereocenters. The molecule has 0 bridgehead atoms. The zero-order valence-corrected chi connectivity index (χ0v) is 17.0. The quantitative estimate of drug-likeness (QED) is 0.537. The first kappa shape index (κ1) is 21.7. The summed E-state index contributed by atoms with van der Waals surface area (Å²) < 4.78 is 5.01. The Morgan fingerprint density at radius 2 is 2.21 bits per heavy atom. The zero-order chi connectivity index (χ0) is 16.7. The van der Waals surface area contributed by atoms with Crippen LogP contribution in [0.4, 0.5) is 0 Å². The van der Waals surface area contributed by atoms with Gasteiger partial charge in [0.15, 0.2) is 0 Å². The largest absolute Gasteiger partial charge is 0.665 e. The molecule has 1 saturated heterocycles. The van der Waals surface area contributed by atoms with Gasteiger partial charge in [-0.15, -0.1) is 0 Å². The molecule has 2 unspecified atom stereocenters. The van der Waals surface area contributed by atoms with Crippen LogP contribution in [0.1, 0.15) is 44.1 Å². The fourth-order valence-corrected chi connectivity index (χ4v) is 3.16. The summed E-state index contributed by atoms with van der Waals surface area (Å²) in [4.78, 5) is 14.3. The number of likely N-dealkylation sites (tertiary alicyclic amines) is 1. The molecule has 0 aromatic heterocycles. The van der Waals surface area contributed by atoms with Gasteiger partial charge in [-0.1, -0.05) is 18.5 Å². The first-order valence-corrected chi connectivity index (χ1v) is 8.32. The Kier molecular flexibility index (Phi) is 10.2. The molecule has 1 N–H and O–H groups in total. The Balaban J connectivity index is 0.00000288. The number of hydrogen-bond donors (Lipinski definition) is 1. The number of benzene rings is 1. The van der Waals surface area contributed by atoms with Crippen LogP contribution in [0.5, 0.6) is 5.75 Å². The van der Waals surface area contributed by atoms with Crippen LogP contribution >= 0.6 is 0 Å². The molecular weight excluding hydrogens is 378 g/mol. The average Bonchev–Trinajstić information content (AvgIpc) is 2.56. The average molecular weight is 403 g/mol. The number of rotatable bonds is 8. The van der Waals surface area contributed by atoms with Gasteiger partial charge in [0, 0.05) is 51.7 Å². The Labute approximate surface area is 171 Å². The minimum Gasteiger partial charge on any atom is -0.665 e. The maximum Gasteiger partial charge on any atom is 0.223 e. The number of amides is 1. The molecule has 1 heterocycles. The number of carbonyl (C=O) groups excluding carboxylic acids is 1. The van der Waals surface area contributed by atoms with E-state index in [0.29, 0.717) is 37.9 Å². The van der Waals surface area contributed by atoms with Gasteiger partial charge < -0.3 is 14.7 Å². The summed E-state index contributed by atoms with van der Waals surface area (Å²) in [7, 11) is 8.90. The fraction of sp³-hybridized carbons (Fsp3) is 0.556. The van der Waals surface area contributed by atoms with Crippen molar-refractivity contribution in [3.8, 4) is 5.75 Å². The van der Waals surface area contributed by atoms with Crippen LogP contribution in [0.15, 0.2) is 24.3 Å². The van der Waals surface area contributed by atoms with Crippen LogP contribution in [-0.2, 0) is 44.0 Å². The Morgan fingerprint density at radius 3 is 2.92 bits per heavy atom. The van der Waals surface area contributed by atoms with Crippen LogP contribution < -0.4 is 4.74 Å². The monoisotopic (exact) mass is 403 g/mol. The predicted molar refractivity (Wildman–Crippen MR) is 91.0 cm³/mol. The molecule has 1 fully saturated rings. The third kappa shape index (κ3) is 6.49. The first-order chi connectivity index (χ1) is 11.1. The van der Waals surface area contributed by atoms with Crippen molar-refractivity contribution < 1.29 is 47.3 Å². The number of aliphatic hydroxyl groups excluding tert-OH is 1. The van der Waals surface area contributed by atoms with Crippen molar-refractivity contribution >= 4 is 13.8 Å². The second kappa shape index (κ2) is 11.3. The molecule has 1 aliphatic rings. The Bertz CT molecular complexity index is 515. The molecule has 1 aliphatic heterocycles. The number of ether oxygens (including phenoxy) is 1. The van der Waals surface area contributed by atoms with Gasteiger partial charge in [0.1, 0.15) is 0 Å². The second-order valence-electron chi connectivity index (χ2n) is 6.17. The van der Waals surface area contributed by atoms with E-state index >= 15 is 0 Å². The maximum atomic E-state index is 12.3. The van der Waals surface area contributed by atoms with Crippen molar-refractivity contribution in [1.29, 1.82) is 0 Å². The smallest absolute Gasteiger partial charge is 0.223 e. The number of carbonyl (C=O) groups is 1. The minimum atomic E-state index is -0.373. The number of aliphatic hydroxyl groups is 1. The fourth-order valence-electron chi connectivity index (χ4n) is 3.16. The Hall–Kier alpha value is -0.381. The van der Waals surface area contributed by atoms with E-state index < -0.39 is 0 Å². The van der Waals surface area contributed by atoms with Gasteiger partial charge in [-0.25, -0.2) is 0 Å². The van der Waals surface area contributed by atoms with Crippen LogP contribution in [0, 0.1) is 7.11 Å². The molecule has 127 valence electrons. The molecule has 0 saturated carbocycles. The molecule has 0 aliphatic carbocycles. The van der Waals surface area contributed by atoms with E-state index in [1.54, 1.807) is 0 Å². The summed E-state index contributed by atoms with van der Waals surface area (Å²) in [6.45, 7) is 0.577. The molecule has 24 heavy (non-hydrogen) atoms. The van der Waals surface area contributed by atoms with Crippen molar-refractivity contribution in [2.24, 2.45) is 0 Å². The van der Waals surface area contributed by atoms with Gasteiger partial charge in [-0.05, 0) is 49.8 Å².